The van der Waals surface area contributed by atoms with Gasteiger partial charge in [0.1, 0.15) is 0 Å². The van der Waals surface area contributed by atoms with Gasteiger partial charge >= 0.3 is 0 Å². The van der Waals surface area contributed by atoms with E-state index in [1.54, 1.807) is 0 Å². The molecule has 0 saturated carbocycles. The van der Waals surface area contributed by atoms with Crippen molar-refractivity contribution in [3.63, 3.8) is 0 Å². The second-order valence-electron chi connectivity index (χ2n) is 15.4. The van der Waals surface area contributed by atoms with Crippen molar-refractivity contribution in [3.05, 3.63) is 187 Å². The van der Waals surface area contributed by atoms with Gasteiger partial charge in [-0.25, -0.2) is 0 Å². The van der Waals surface area contributed by atoms with Crippen LogP contribution >= 0.6 is 0 Å². The summed E-state index contributed by atoms with van der Waals surface area (Å²) in [6.07, 6.45) is 0. The van der Waals surface area contributed by atoms with Crippen LogP contribution in [0.3, 0.4) is 0 Å². The van der Waals surface area contributed by atoms with Crippen LogP contribution in [-0.2, 0) is 5.41 Å². The molecule has 1 aliphatic heterocycles. The monoisotopic (exact) mass is 690 g/mol. The minimum absolute atomic E-state index is 0.102. The van der Waals surface area contributed by atoms with E-state index in [1.807, 2.05) is 0 Å². The molecule has 0 amide bonds. The van der Waals surface area contributed by atoms with Gasteiger partial charge < -0.3 is 9.80 Å². The molecule has 9 aromatic rings. The van der Waals surface area contributed by atoms with Crippen molar-refractivity contribution in [2.24, 2.45) is 0 Å². The van der Waals surface area contributed by atoms with E-state index in [4.69, 9.17) is 0 Å². The van der Waals surface area contributed by atoms with Crippen LogP contribution in [-0.4, -0.2) is 7.05 Å². The highest BCUT2D eigenvalue weighted by Gasteiger charge is 2.36. The van der Waals surface area contributed by atoms with Crippen LogP contribution in [0.2, 0.25) is 0 Å². The lowest BCUT2D eigenvalue weighted by Crippen LogP contribution is -2.24. The first-order valence-corrected chi connectivity index (χ1v) is 18.9. The molecular formula is C52H38N2. The summed E-state index contributed by atoms with van der Waals surface area (Å²) >= 11 is 0. The fourth-order valence-corrected chi connectivity index (χ4v) is 9.59. The van der Waals surface area contributed by atoms with Gasteiger partial charge in [-0.1, -0.05) is 153 Å². The fraction of sp³-hybridized carbons (Fsp3) is 0.0769. The summed E-state index contributed by atoms with van der Waals surface area (Å²) in [5.41, 5.74) is 16.3. The molecule has 54 heavy (non-hydrogen) atoms. The molecule has 256 valence electrons. The van der Waals surface area contributed by atoms with E-state index in [-0.39, 0.29) is 5.41 Å². The fourth-order valence-electron chi connectivity index (χ4n) is 9.59. The van der Waals surface area contributed by atoms with Crippen molar-refractivity contribution in [2.45, 2.75) is 19.3 Å². The molecule has 11 rings (SSSR count). The number of hydrogen-bond acceptors (Lipinski definition) is 2. The second-order valence-corrected chi connectivity index (χ2v) is 15.4. The molecule has 0 aromatic heterocycles. The Labute approximate surface area is 316 Å². The summed E-state index contributed by atoms with van der Waals surface area (Å²) in [4.78, 5) is 4.84. The maximum absolute atomic E-state index is 2.51. The Morgan fingerprint density at radius 1 is 0.389 bits per heavy atom. The van der Waals surface area contributed by atoms with Gasteiger partial charge in [0.05, 0.1) is 28.4 Å². The minimum Gasteiger partial charge on any atom is -0.341 e. The summed E-state index contributed by atoms with van der Waals surface area (Å²) in [6.45, 7) is 4.75. The zero-order valence-corrected chi connectivity index (χ0v) is 30.6. The van der Waals surface area contributed by atoms with Crippen molar-refractivity contribution in [2.75, 3.05) is 16.8 Å². The molecule has 9 aromatic carbocycles. The van der Waals surface area contributed by atoms with Gasteiger partial charge in [-0.05, 0) is 102 Å². The maximum atomic E-state index is 2.51. The smallest absolute Gasteiger partial charge is 0.0700 e. The van der Waals surface area contributed by atoms with Crippen LogP contribution < -0.4 is 9.80 Å². The van der Waals surface area contributed by atoms with Crippen LogP contribution in [0.25, 0.3) is 65.7 Å². The lowest BCUT2D eigenvalue weighted by Gasteiger charge is -2.39. The first-order valence-electron chi connectivity index (χ1n) is 18.9. The van der Waals surface area contributed by atoms with E-state index in [9.17, 15) is 0 Å². The van der Waals surface area contributed by atoms with Crippen molar-refractivity contribution >= 4 is 60.8 Å². The first-order chi connectivity index (χ1) is 26.5. The van der Waals surface area contributed by atoms with Gasteiger partial charge in [0, 0.05) is 23.2 Å². The van der Waals surface area contributed by atoms with Gasteiger partial charge in [-0.15, -0.1) is 0 Å². The third kappa shape index (κ3) is 4.28. The summed E-state index contributed by atoms with van der Waals surface area (Å²) in [5, 5.41) is 7.47. The molecule has 0 unspecified atom stereocenters. The summed E-state index contributed by atoms with van der Waals surface area (Å²) in [5.74, 6) is 0. The molecule has 0 atom stereocenters. The number of anilines is 5. The minimum atomic E-state index is -0.102. The van der Waals surface area contributed by atoms with E-state index >= 15 is 0 Å². The SMILES string of the molecule is CN1c2ccccc2N(c2c3ccccc3c(-c3ccc4c(c3)C(C)(C)c3ccccc3-4)c3cc(-c4cccc5ccccc45)ccc23)c2ccccc21. The highest BCUT2D eigenvalue weighted by Crippen LogP contribution is 2.56. The topological polar surface area (TPSA) is 6.48 Å². The number of nitrogens with zero attached hydrogens (tertiary/aromatic N) is 2. The first kappa shape index (κ1) is 30.9. The van der Waals surface area contributed by atoms with Gasteiger partial charge in [-0.3, -0.25) is 0 Å². The highest BCUT2D eigenvalue weighted by molar-refractivity contribution is 6.24. The predicted molar refractivity (Wildman–Crippen MR) is 230 cm³/mol. The van der Waals surface area contributed by atoms with E-state index in [2.05, 4.69) is 207 Å². The molecule has 0 bridgehead atoms. The number of fused-ring (bicyclic) bond motifs is 8. The predicted octanol–water partition coefficient (Wildman–Crippen LogP) is 14.3. The summed E-state index contributed by atoms with van der Waals surface area (Å²) in [6, 6.07) is 65.4. The average Bonchev–Trinajstić information content (AvgIpc) is 3.45. The van der Waals surface area contributed by atoms with Crippen LogP contribution in [0.4, 0.5) is 28.4 Å². The number of benzene rings is 9. The molecule has 2 aliphatic rings. The van der Waals surface area contributed by atoms with Gasteiger partial charge in [0.15, 0.2) is 0 Å². The lowest BCUT2D eigenvalue weighted by molar-refractivity contribution is 0.660. The molecule has 2 nitrogen and oxygen atoms in total. The van der Waals surface area contributed by atoms with E-state index in [0.29, 0.717) is 0 Å². The van der Waals surface area contributed by atoms with Crippen molar-refractivity contribution in [3.8, 4) is 33.4 Å². The van der Waals surface area contributed by atoms with Crippen molar-refractivity contribution in [1.29, 1.82) is 0 Å². The maximum Gasteiger partial charge on any atom is 0.0700 e. The quantitative estimate of drug-likeness (QED) is 0.170. The standard InChI is InChI=1S/C52H38N2/c1-52(2)44-22-9-8-18-38(44)39-29-28-35(32-45(39)52)50-40-19-6-7-20-41(40)51(54-48-25-12-10-23-46(48)53(3)47-24-11-13-26-49(47)54)42-30-27-34(31-43(42)50)37-21-14-16-33-15-4-5-17-36(33)37/h4-32H,1-3H3. The largest absolute Gasteiger partial charge is 0.341 e. The lowest BCUT2D eigenvalue weighted by atomic mass is 9.80. The molecule has 0 saturated heterocycles. The van der Waals surface area contributed by atoms with Crippen molar-refractivity contribution in [1.82, 2.24) is 0 Å². The molecule has 1 aliphatic carbocycles. The molecule has 0 N–H and O–H groups in total. The number of hydrogen-bond donors (Lipinski definition) is 0. The third-order valence-corrected chi connectivity index (χ3v) is 12.2. The molecule has 0 spiro atoms. The van der Waals surface area contributed by atoms with Gasteiger partial charge in [0.2, 0.25) is 0 Å². The van der Waals surface area contributed by atoms with Crippen LogP contribution in [0.15, 0.2) is 176 Å². The third-order valence-electron chi connectivity index (χ3n) is 12.2. The van der Waals surface area contributed by atoms with E-state index in [1.165, 1.54) is 105 Å². The zero-order chi connectivity index (χ0) is 36.1. The summed E-state index contributed by atoms with van der Waals surface area (Å²) in [7, 11) is 2.18. The molecule has 0 fully saturated rings. The van der Waals surface area contributed by atoms with Gasteiger partial charge in [0.25, 0.3) is 0 Å². The van der Waals surface area contributed by atoms with Gasteiger partial charge in [-0.2, -0.15) is 0 Å². The number of rotatable bonds is 3. The van der Waals surface area contributed by atoms with Crippen LogP contribution in [0, 0.1) is 0 Å². The Bertz CT molecular complexity index is 2950. The van der Waals surface area contributed by atoms with E-state index in [0.717, 1.165) is 0 Å². The Hall–Kier alpha value is -6.64. The molecule has 1 heterocycles. The Kier molecular flexibility index (Phi) is 6.55. The Morgan fingerprint density at radius 2 is 0.944 bits per heavy atom. The van der Waals surface area contributed by atoms with Crippen LogP contribution in [0.1, 0.15) is 25.0 Å². The number of para-hydroxylation sites is 4. The molecular weight excluding hydrogens is 653 g/mol. The van der Waals surface area contributed by atoms with Crippen molar-refractivity contribution < 1.29 is 0 Å². The van der Waals surface area contributed by atoms with Crippen LogP contribution in [0.5, 0.6) is 0 Å². The summed E-state index contributed by atoms with van der Waals surface area (Å²) < 4.78 is 0. The Balaban J connectivity index is 1.26. The average molecular weight is 691 g/mol. The van der Waals surface area contributed by atoms with E-state index < -0.39 is 0 Å². The Morgan fingerprint density at radius 3 is 1.72 bits per heavy atom. The highest BCUT2D eigenvalue weighted by atomic mass is 15.3. The second kappa shape index (κ2) is 11.4. The molecule has 2 heteroatoms. The normalized spacial score (nSPS) is 13.9. The zero-order valence-electron chi connectivity index (χ0n) is 30.6. The molecule has 0 radical (unpaired) electrons.